The molecule has 0 saturated heterocycles. The van der Waals surface area contributed by atoms with E-state index in [2.05, 4.69) is 12.2 Å². The van der Waals surface area contributed by atoms with Crippen LogP contribution in [-0.4, -0.2) is 31.4 Å². The van der Waals surface area contributed by atoms with Crippen LogP contribution in [0.25, 0.3) is 0 Å². The molecule has 96 valence electrons. The average molecular weight is 238 g/mol. The molecule has 4 heteroatoms. The maximum absolute atomic E-state index is 11.5. The zero-order valence-corrected chi connectivity index (χ0v) is 10.9. The van der Waals surface area contributed by atoms with Crippen molar-refractivity contribution in [2.45, 2.75) is 32.2 Å². The summed E-state index contributed by atoms with van der Waals surface area (Å²) in [6, 6.07) is 3.89. The molecular weight excluding hydrogens is 216 g/mol. The predicted octanol–water partition coefficient (Wildman–Crippen LogP) is 2.19. The molecule has 1 rings (SSSR count). The first kappa shape index (κ1) is 13.8. The number of hydrogen-bond donors (Lipinski definition) is 1. The van der Waals surface area contributed by atoms with Gasteiger partial charge in [-0.15, -0.1) is 0 Å². The Labute approximate surface area is 103 Å². The number of furan rings is 1. The first-order valence-corrected chi connectivity index (χ1v) is 6.11. The van der Waals surface area contributed by atoms with Gasteiger partial charge in [-0.05, 0) is 32.6 Å². The highest BCUT2D eigenvalue weighted by Crippen LogP contribution is 2.17. The van der Waals surface area contributed by atoms with Gasteiger partial charge in [0.15, 0.2) is 0 Å². The molecule has 0 spiro atoms. The molecule has 0 fully saturated rings. The Balaban J connectivity index is 2.43. The molecule has 0 aromatic carbocycles. The van der Waals surface area contributed by atoms with Crippen LogP contribution in [0.1, 0.15) is 38.0 Å². The molecule has 17 heavy (non-hydrogen) atoms. The van der Waals surface area contributed by atoms with Crippen LogP contribution in [0.4, 0.5) is 0 Å². The van der Waals surface area contributed by atoms with E-state index in [-0.39, 0.29) is 11.9 Å². The molecule has 1 amide bonds. The highest BCUT2D eigenvalue weighted by Gasteiger charge is 2.17. The fourth-order valence-electron chi connectivity index (χ4n) is 1.65. The van der Waals surface area contributed by atoms with E-state index < -0.39 is 0 Å². The van der Waals surface area contributed by atoms with Gasteiger partial charge in [0.2, 0.25) is 5.91 Å². The number of rotatable bonds is 7. The van der Waals surface area contributed by atoms with Crippen molar-refractivity contribution in [1.29, 1.82) is 0 Å². The Morgan fingerprint density at radius 1 is 1.53 bits per heavy atom. The Morgan fingerprint density at radius 2 is 2.29 bits per heavy atom. The molecule has 0 aliphatic carbocycles. The predicted molar refractivity (Wildman–Crippen MR) is 67.7 cm³/mol. The third kappa shape index (κ3) is 4.61. The normalized spacial score (nSPS) is 12.7. The molecule has 1 unspecified atom stereocenters. The minimum Gasteiger partial charge on any atom is -0.468 e. The fourth-order valence-corrected chi connectivity index (χ4v) is 1.65. The van der Waals surface area contributed by atoms with Crippen molar-refractivity contribution in [2.75, 3.05) is 20.6 Å². The van der Waals surface area contributed by atoms with Gasteiger partial charge in [-0.25, -0.2) is 0 Å². The summed E-state index contributed by atoms with van der Waals surface area (Å²) in [5.41, 5.74) is 0. The Bertz CT molecular complexity index is 320. The SMILES string of the molecule is CCCCC(=O)NCC(c1ccco1)N(C)C. The van der Waals surface area contributed by atoms with Crippen LogP contribution >= 0.6 is 0 Å². The second-order valence-corrected chi connectivity index (χ2v) is 4.40. The van der Waals surface area contributed by atoms with E-state index in [0.717, 1.165) is 18.6 Å². The Hall–Kier alpha value is -1.29. The van der Waals surface area contributed by atoms with Gasteiger partial charge in [0.05, 0.1) is 12.3 Å². The number of nitrogens with zero attached hydrogens (tertiary/aromatic N) is 1. The van der Waals surface area contributed by atoms with Crippen LogP contribution in [-0.2, 0) is 4.79 Å². The van der Waals surface area contributed by atoms with Crippen molar-refractivity contribution in [2.24, 2.45) is 0 Å². The van der Waals surface area contributed by atoms with Gasteiger partial charge in [-0.3, -0.25) is 9.69 Å². The van der Waals surface area contributed by atoms with E-state index in [1.807, 2.05) is 31.1 Å². The number of likely N-dealkylation sites (N-methyl/N-ethyl adjacent to an activating group) is 1. The van der Waals surface area contributed by atoms with Crippen molar-refractivity contribution in [3.8, 4) is 0 Å². The number of carbonyl (C=O) groups is 1. The number of amides is 1. The lowest BCUT2D eigenvalue weighted by molar-refractivity contribution is -0.121. The van der Waals surface area contributed by atoms with Gasteiger partial charge in [0, 0.05) is 13.0 Å². The summed E-state index contributed by atoms with van der Waals surface area (Å²) in [7, 11) is 3.96. The van der Waals surface area contributed by atoms with E-state index in [1.165, 1.54) is 0 Å². The summed E-state index contributed by atoms with van der Waals surface area (Å²) in [6.07, 6.45) is 4.25. The van der Waals surface area contributed by atoms with Gasteiger partial charge in [-0.1, -0.05) is 13.3 Å². The van der Waals surface area contributed by atoms with Gasteiger partial charge in [-0.2, -0.15) is 0 Å². The summed E-state index contributed by atoms with van der Waals surface area (Å²) in [6.45, 7) is 2.67. The first-order valence-electron chi connectivity index (χ1n) is 6.11. The van der Waals surface area contributed by atoms with E-state index >= 15 is 0 Å². The van der Waals surface area contributed by atoms with Crippen LogP contribution in [0.2, 0.25) is 0 Å². The summed E-state index contributed by atoms with van der Waals surface area (Å²) < 4.78 is 5.38. The third-order valence-electron chi connectivity index (χ3n) is 2.74. The van der Waals surface area contributed by atoms with E-state index in [1.54, 1.807) is 6.26 Å². The molecular formula is C13H22N2O2. The van der Waals surface area contributed by atoms with Crippen LogP contribution < -0.4 is 5.32 Å². The van der Waals surface area contributed by atoms with Crippen LogP contribution in [0.15, 0.2) is 22.8 Å². The van der Waals surface area contributed by atoms with Crippen LogP contribution in [0.5, 0.6) is 0 Å². The third-order valence-corrected chi connectivity index (χ3v) is 2.74. The van der Waals surface area contributed by atoms with E-state index in [9.17, 15) is 4.79 Å². The smallest absolute Gasteiger partial charge is 0.220 e. The number of nitrogens with one attached hydrogen (secondary N) is 1. The quantitative estimate of drug-likeness (QED) is 0.792. The maximum atomic E-state index is 11.5. The van der Waals surface area contributed by atoms with Crippen molar-refractivity contribution >= 4 is 5.91 Å². The molecule has 1 aromatic heterocycles. The van der Waals surface area contributed by atoms with Crippen molar-refractivity contribution in [1.82, 2.24) is 10.2 Å². The largest absolute Gasteiger partial charge is 0.468 e. The molecule has 1 N–H and O–H groups in total. The summed E-state index contributed by atoms with van der Waals surface area (Å²) in [5.74, 6) is 0.996. The zero-order valence-electron chi connectivity index (χ0n) is 10.9. The van der Waals surface area contributed by atoms with Gasteiger partial charge < -0.3 is 9.73 Å². The number of hydrogen-bond acceptors (Lipinski definition) is 3. The minimum absolute atomic E-state index is 0.0931. The first-order chi connectivity index (χ1) is 8.15. The van der Waals surface area contributed by atoms with Crippen molar-refractivity contribution < 1.29 is 9.21 Å². The number of unbranched alkanes of at least 4 members (excludes halogenated alkanes) is 1. The summed E-state index contributed by atoms with van der Waals surface area (Å²) in [5, 5.41) is 2.95. The number of carbonyl (C=O) groups excluding carboxylic acids is 1. The molecule has 0 bridgehead atoms. The lowest BCUT2D eigenvalue weighted by Gasteiger charge is -2.22. The molecule has 1 heterocycles. The highest BCUT2D eigenvalue weighted by molar-refractivity contribution is 5.75. The molecule has 0 saturated carbocycles. The van der Waals surface area contributed by atoms with Crippen LogP contribution in [0, 0.1) is 0 Å². The molecule has 0 radical (unpaired) electrons. The van der Waals surface area contributed by atoms with E-state index in [4.69, 9.17) is 4.42 Å². The maximum Gasteiger partial charge on any atom is 0.220 e. The molecule has 4 nitrogen and oxygen atoms in total. The standard InChI is InChI=1S/C13H22N2O2/c1-4-5-8-13(16)14-10-11(15(2)3)12-7-6-9-17-12/h6-7,9,11H,4-5,8,10H2,1-3H3,(H,14,16). The molecule has 0 aliphatic heterocycles. The molecule has 1 atom stereocenters. The van der Waals surface area contributed by atoms with Gasteiger partial charge >= 0.3 is 0 Å². The summed E-state index contributed by atoms with van der Waals surface area (Å²) >= 11 is 0. The highest BCUT2D eigenvalue weighted by atomic mass is 16.3. The fraction of sp³-hybridized carbons (Fsp3) is 0.615. The summed E-state index contributed by atoms with van der Waals surface area (Å²) in [4.78, 5) is 13.6. The van der Waals surface area contributed by atoms with E-state index in [0.29, 0.717) is 13.0 Å². The Kier molecular flexibility index (Phi) is 5.77. The van der Waals surface area contributed by atoms with Crippen LogP contribution in [0.3, 0.4) is 0 Å². The molecule has 1 aromatic rings. The minimum atomic E-state index is 0.0931. The molecule has 0 aliphatic rings. The van der Waals surface area contributed by atoms with Gasteiger partial charge in [0.25, 0.3) is 0 Å². The Morgan fingerprint density at radius 3 is 2.82 bits per heavy atom. The lowest BCUT2D eigenvalue weighted by atomic mass is 10.2. The lowest BCUT2D eigenvalue weighted by Crippen LogP contribution is -2.34. The zero-order chi connectivity index (χ0) is 12.7. The topological polar surface area (TPSA) is 45.5 Å². The second-order valence-electron chi connectivity index (χ2n) is 4.40. The monoisotopic (exact) mass is 238 g/mol. The average Bonchev–Trinajstić information content (AvgIpc) is 2.79. The van der Waals surface area contributed by atoms with Crippen molar-refractivity contribution in [3.63, 3.8) is 0 Å². The van der Waals surface area contributed by atoms with Crippen molar-refractivity contribution in [3.05, 3.63) is 24.2 Å². The second kappa shape index (κ2) is 7.12. The van der Waals surface area contributed by atoms with Gasteiger partial charge in [0.1, 0.15) is 5.76 Å².